The summed E-state index contributed by atoms with van der Waals surface area (Å²) in [5.74, 6) is -0.799. The van der Waals surface area contributed by atoms with E-state index in [2.05, 4.69) is 15.9 Å². The fourth-order valence-corrected chi connectivity index (χ4v) is 2.46. The lowest BCUT2D eigenvalue weighted by Gasteiger charge is -2.39. The van der Waals surface area contributed by atoms with E-state index in [0.717, 1.165) is 10.0 Å². The van der Waals surface area contributed by atoms with Crippen LogP contribution >= 0.6 is 15.9 Å². The predicted molar refractivity (Wildman–Crippen MR) is 76.7 cm³/mol. The summed E-state index contributed by atoms with van der Waals surface area (Å²) < 4.78 is 1.01. The maximum absolute atomic E-state index is 11.0. The number of carboxylic acid groups (broad SMARTS) is 1. The molecule has 0 aliphatic heterocycles. The number of carboxylic acids is 1. The van der Waals surface area contributed by atoms with Crippen molar-refractivity contribution in [3.8, 4) is 0 Å². The van der Waals surface area contributed by atoms with E-state index in [1.165, 1.54) is 0 Å². The lowest BCUT2D eigenvalue weighted by Crippen LogP contribution is -2.45. The molecule has 0 heterocycles. The van der Waals surface area contributed by atoms with Gasteiger partial charge in [-0.1, -0.05) is 28.1 Å². The van der Waals surface area contributed by atoms with Crippen molar-refractivity contribution in [1.82, 2.24) is 4.90 Å². The molecule has 3 nitrogen and oxygen atoms in total. The molecule has 0 amide bonds. The third kappa shape index (κ3) is 4.10. The van der Waals surface area contributed by atoms with Crippen molar-refractivity contribution in [3.63, 3.8) is 0 Å². The van der Waals surface area contributed by atoms with Crippen LogP contribution in [0.3, 0.4) is 0 Å². The van der Waals surface area contributed by atoms with Crippen LogP contribution in [0.5, 0.6) is 0 Å². The first-order chi connectivity index (χ1) is 8.21. The maximum Gasteiger partial charge on any atom is 0.317 e. The minimum atomic E-state index is -0.799. The Bertz CT molecular complexity index is 426. The van der Waals surface area contributed by atoms with Crippen LogP contribution in [0, 0.1) is 0 Å². The van der Waals surface area contributed by atoms with E-state index in [0.29, 0.717) is 0 Å². The number of hydrogen-bond acceptors (Lipinski definition) is 2. The average Bonchev–Trinajstić information content (AvgIpc) is 2.23. The second-order valence-corrected chi connectivity index (χ2v) is 6.34. The SMILES string of the molecule is CC(c1cccc(Br)c1)N(CC(=O)O)C(C)(C)C. The number of carbonyl (C=O) groups is 1. The van der Waals surface area contributed by atoms with Crippen LogP contribution in [-0.2, 0) is 4.79 Å². The van der Waals surface area contributed by atoms with Crippen LogP contribution in [0.25, 0.3) is 0 Å². The van der Waals surface area contributed by atoms with E-state index in [-0.39, 0.29) is 18.1 Å². The lowest BCUT2D eigenvalue weighted by atomic mass is 9.99. The molecular formula is C14H20BrNO2. The molecule has 1 N–H and O–H groups in total. The van der Waals surface area contributed by atoms with Crippen molar-refractivity contribution in [2.75, 3.05) is 6.54 Å². The highest BCUT2D eigenvalue weighted by Gasteiger charge is 2.28. The molecule has 1 atom stereocenters. The number of halogens is 1. The summed E-state index contributed by atoms with van der Waals surface area (Å²) in [5.41, 5.74) is 0.917. The van der Waals surface area contributed by atoms with Crippen LogP contribution in [0.4, 0.5) is 0 Å². The summed E-state index contributed by atoms with van der Waals surface area (Å²) in [6.45, 7) is 8.17. The van der Waals surface area contributed by atoms with Crippen LogP contribution in [-0.4, -0.2) is 28.1 Å². The molecule has 4 heteroatoms. The van der Waals surface area contributed by atoms with Gasteiger partial charge in [0.15, 0.2) is 0 Å². The van der Waals surface area contributed by atoms with Crippen molar-refractivity contribution in [3.05, 3.63) is 34.3 Å². The minimum absolute atomic E-state index is 0.0389. The zero-order valence-electron chi connectivity index (χ0n) is 11.3. The van der Waals surface area contributed by atoms with E-state index in [1.54, 1.807) is 0 Å². The van der Waals surface area contributed by atoms with Crippen LogP contribution in [0.15, 0.2) is 28.7 Å². The minimum Gasteiger partial charge on any atom is -0.480 e. The van der Waals surface area contributed by atoms with E-state index in [4.69, 9.17) is 5.11 Å². The number of hydrogen-bond donors (Lipinski definition) is 1. The van der Waals surface area contributed by atoms with Gasteiger partial charge in [0.25, 0.3) is 0 Å². The second kappa shape index (κ2) is 5.85. The third-order valence-corrected chi connectivity index (χ3v) is 3.46. The topological polar surface area (TPSA) is 40.5 Å². The molecule has 1 aromatic carbocycles. The zero-order valence-corrected chi connectivity index (χ0v) is 12.9. The van der Waals surface area contributed by atoms with Gasteiger partial charge in [0.2, 0.25) is 0 Å². The number of benzene rings is 1. The first-order valence-corrected chi connectivity index (χ1v) is 6.75. The van der Waals surface area contributed by atoms with Gasteiger partial charge in [0, 0.05) is 16.1 Å². The fraction of sp³-hybridized carbons (Fsp3) is 0.500. The lowest BCUT2D eigenvalue weighted by molar-refractivity contribution is -0.140. The van der Waals surface area contributed by atoms with Gasteiger partial charge in [-0.2, -0.15) is 0 Å². The molecule has 1 rings (SSSR count). The van der Waals surface area contributed by atoms with Crippen molar-refractivity contribution in [2.24, 2.45) is 0 Å². The molecule has 0 saturated carbocycles. The fourth-order valence-electron chi connectivity index (χ4n) is 2.05. The molecule has 0 aliphatic carbocycles. The number of nitrogens with zero attached hydrogens (tertiary/aromatic N) is 1. The molecule has 0 bridgehead atoms. The number of rotatable bonds is 4. The molecule has 0 spiro atoms. The Hall–Kier alpha value is -0.870. The molecule has 1 unspecified atom stereocenters. The van der Waals surface area contributed by atoms with Gasteiger partial charge < -0.3 is 5.11 Å². The van der Waals surface area contributed by atoms with E-state index in [9.17, 15) is 4.79 Å². The Kier molecular flexibility index (Phi) is 4.93. The van der Waals surface area contributed by atoms with Gasteiger partial charge in [0.1, 0.15) is 0 Å². The summed E-state index contributed by atoms with van der Waals surface area (Å²) >= 11 is 3.45. The Balaban J connectivity index is 3.02. The van der Waals surface area contributed by atoms with E-state index >= 15 is 0 Å². The first-order valence-electron chi connectivity index (χ1n) is 5.96. The van der Waals surface area contributed by atoms with Gasteiger partial charge in [0.05, 0.1) is 6.54 Å². The summed E-state index contributed by atoms with van der Waals surface area (Å²) in [5, 5.41) is 9.05. The van der Waals surface area contributed by atoms with Crippen LogP contribution < -0.4 is 0 Å². The normalized spacial score (nSPS) is 13.7. The van der Waals surface area contributed by atoms with Crippen molar-refractivity contribution in [2.45, 2.75) is 39.3 Å². The standard InChI is InChI=1S/C14H20BrNO2/c1-10(11-6-5-7-12(15)8-11)16(9-13(17)18)14(2,3)4/h5-8,10H,9H2,1-4H3,(H,17,18). The highest BCUT2D eigenvalue weighted by Crippen LogP contribution is 2.28. The molecule has 18 heavy (non-hydrogen) atoms. The quantitative estimate of drug-likeness (QED) is 0.921. The van der Waals surface area contributed by atoms with Gasteiger partial charge >= 0.3 is 5.97 Å². The first kappa shape index (κ1) is 15.2. The highest BCUT2D eigenvalue weighted by atomic mass is 79.9. The summed E-state index contributed by atoms with van der Waals surface area (Å²) in [4.78, 5) is 13.0. The Labute approximate surface area is 117 Å². The molecule has 0 aromatic heterocycles. The van der Waals surface area contributed by atoms with Gasteiger partial charge in [-0.15, -0.1) is 0 Å². The molecule has 0 saturated heterocycles. The summed E-state index contributed by atoms with van der Waals surface area (Å²) in [6, 6.07) is 8.05. The Morgan fingerprint density at radius 3 is 2.50 bits per heavy atom. The zero-order chi connectivity index (χ0) is 13.9. The molecule has 0 radical (unpaired) electrons. The van der Waals surface area contributed by atoms with Gasteiger partial charge in [-0.05, 0) is 45.4 Å². The van der Waals surface area contributed by atoms with E-state index < -0.39 is 5.97 Å². The Morgan fingerprint density at radius 2 is 2.06 bits per heavy atom. The molecule has 0 fully saturated rings. The number of aliphatic carboxylic acids is 1. The highest BCUT2D eigenvalue weighted by molar-refractivity contribution is 9.10. The summed E-state index contributed by atoms with van der Waals surface area (Å²) in [6.07, 6.45) is 0. The smallest absolute Gasteiger partial charge is 0.317 e. The Morgan fingerprint density at radius 1 is 1.44 bits per heavy atom. The van der Waals surface area contributed by atoms with E-state index in [1.807, 2.05) is 56.9 Å². The maximum atomic E-state index is 11.0. The average molecular weight is 314 g/mol. The summed E-state index contributed by atoms with van der Waals surface area (Å²) in [7, 11) is 0. The third-order valence-electron chi connectivity index (χ3n) is 2.97. The van der Waals surface area contributed by atoms with Crippen molar-refractivity contribution in [1.29, 1.82) is 0 Å². The molecule has 100 valence electrons. The van der Waals surface area contributed by atoms with Crippen LogP contribution in [0.1, 0.15) is 39.3 Å². The predicted octanol–water partition coefficient (Wildman–Crippen LogP) is 3.70. The van der Waals surface area contributed by atoms with Crippen molar-refractivity contribution < 1.29 is 9.90 Å². The van der Waals surface area contributed by atoms with Crippen LogP contribution in [0.2, 0.25) is 0 Å². The van der Waals surface area contributed by atoms with Gasteiger partial charge in [-0.3, -0.25) is 9.69 Å². The monoisotopic (exact) mass is 313 g/mol. The molecule has 1 aromatic rings. The second-order valence-electron chi connectivity index (χ2n) is 5.42. The molecule has 0 aliphatic rings. The van der Waals surface area contributed by atoms with Crippen molar-refractivity contribution >= 4 is 21.9 Å². The molecular weight excluding hydrogens is 294 g/mol. The largest absolute Gasteiger partial charge is 0.480 e. The van der Waals surface area contributed by atoms with Gasteiger partial charge in [-0.25, -0.2) is 0 Å².